The maximum Gasteiger partial charge on any atom is 0.328 e. The molecule has 2 heterocycles. The van der Waals surface area contributed by atoms with Crippen molar-refractivity contribution in [3.63, 3.8) is 0 Å². The van der Waals surface area contributed by atoms with Gasteiger partial charge in [0.25, 0.3) is 5.91 Å². The molecule has 0 bridgehead atoms. The molecule has 0 aliphatic carbocycles. The van der Waals surface area contributed by atoms with Crippen LogP contribution in [-0.2, 0) is 9.59 Å². The molecule has 124 valence electrons. The number of primary amides is 1. The molecular formula is C15H26N4O3. The summed E-state index contributed by atoms with van der Waals surface area (Å²) < 4.78 is 0. The Morgan fingerprint density at radius 2 is 1.86 bits per heavy atom. The second kappa shape index (κ2) is 6.24. The van der Waals surface area contributed by atoms with E-state index in [1.54, 1.807) is 4.90 Å². The third-order valence-electron chi connectivity index (χ3n) is 4.56. The maximum atomic E-state index is 12.8. The number of likely N-dealkylation sites (N-methyl/N-ethyl adjacent to an activating group) is 1. The summed E-state index contributed by atoms with van der Waals surface area (Å²) >= 11 is 0. The number of hydrogen-bond donors (Lipinski definition) is 1. The number of carbonyl (C=O) groups is 3. The first-order valence-corrected chi connectivity index (χ1v) is 7.96. The highest BCUT2D eigenvalue weighted by molar-refractivity contribution is 6.09. The molecule has 2 rings (SSSR count). The van der Waals surface area contributed by atoms with Gasteiger partial charge in [0, 0.05) is 26.2 Å². The van der Waals surface area contributed by atoms with Gasteiger partial charge in [-0.15, -0.1) is 0 Å². The van der Waals surface area contributed by atoms with Crippen molar-refractivity contribution in [2.75, 3.05) is 32.7 Å². The van der Waals surface area contributed by atoms with Crippen molar-refractivity contribution in [3.05, 3.63) is 0 Å². The highest BCUT2D eigenvalue weighted by Crippen LogP contribution is 2.37. The van der Waals surface area contributed by atoms with Crippen molar-refractivity contribution in [1.82, 2.24) is 14.7 Å². The van der Waals surface area contributed by atoms with Crippen molar-refractivity contribution >= 4 is 17.8 Å². The summed E-state index contributed by atoms with van der Waals surface area (Å²) in [6, 6.07) is -0.386. The van der Waals surface area contributed by atoms with E-state index >= 15 is 0 Å². The predicted molar refractivity (Wildman–Crippen MR) is 81.9 cm³/mol. The molecule has 2 aliphatic heterocycles. The van der Waals surface area contributed by atoms with Crippen LogP contribution in [0.3, 0.4) is 0 Å². The molecule has 2 fully saturated rings. The first-order valence-electron chi connectivity index (χ1n) is 7.96. The van der Waals surface area contributed by atoms with Gasteiger partial charge in [0.15, 0.2) is 0 Å². The Morgan fingerprint density at radius 1 is 1.27 bits per heavy atom. The molecule has 0 unspecified atom stereocenters. The fraction of sp³-hybridized carbons (Fsp3) is 0.800. The number of nitrogens with zero attached hydrogens (tertiary/aromatic N) is 3. The normalized spacial score (nSPS) is 22.2. The van der Waals surface area contributed by atoms with Gasteiger partial charge in [-0.1, -0.05) is 13.8 Å². The van der Waals surface area contributed by atoms with E-state index in [-0.39, 0.29) is 18.5 Å². The topological polar surface area (TPSA) is 87.0 Å². The Hall–Kier alpha value is -1.63. The first-order chi connectivity index (χ1) is 10.3. The summed E-state index contributed by atoms with van der Waals surface area (Å²) in [4.78, 5) is 41.3. The summed E-state index contributed by atoms with van der Waals surface area (Å²) in [6.07, 6.45) is 1.24. The molecular weight excluding hydrogens is 284 g/mol. The SMILES string of the molecule is CCN1C(=O)N(CC(N)=O)C(=O)C12CCN(CC(C)C)CC2. The predicted octanol–water partition coefficient (Wildman–Crippen LogP) is 0.246. The number of rotatable bonds is 5. The highest BCUT2D eigenvalue weighted by atomic mass is 16.2. The number of imide groups is 1. The van der Waals surface area contributed by atoms with Crippen LogP contribution in [0.2, 0.25) is 0 Å². The minimum atomic E-state index is -0.783. The molecule has 2 aliphatic rings. The molecule has 22 heavy (non-hydrogen) atoms. The summed E-state index contributed by atoms with van der Waals surface area (Å²) in [5.41, 5.74) is 4.38. The van der Waals surface area contributed by atoms with Crippen LogP contribution in [0, 0.1) is 5.92 Å². The van der Waals surface area contributed by atoms with E-state index in [1.165, 1.54) is 0 Å². The van der Waals surface area contributed by atoms with Crippen LogP contribution in [0.1, 0.15) is 33.6 Å². The molecule has 7 heteroatoms. The van der Waals surface area contributed by atoms with E-state index in [0.29, 0.717) is 25.3 Å². The van der Waals surface area contributed by atoms with Crippen molar-refractivity contribution in [2.24, 2.45) is 11.7 Å². The Labute approximate surface area is 131 Å². The zero-order valence-corrected chi connectivity index (χ0v) is 13.7. The summed E-state index contributed by atoms with van der Waals surface area (Å²) in [7, 11) is 0. The number of amides is 4. The Morgan fingerprint density at radius 3 is 2.32 bits per heavy atom. The van der Waals surface area contributed by atoms with Crippen LogP contribution in [0.15, 0.2) is 0 Å². The summed E-state index contributed by atoms with van der Waals surface area (Å²) in [5, 5.41) is 0. The lowest BCUT2D eigenvalue weighted by Crippen LogP contribution is -2.56. The molecule has 4 amide bonds. The van der Waals surface area contributed by atoms with Crippen molar-refractivity contribution < 1.29 is 14.4 Å². The standard InChI is InChI=1S/C15H26N4O3/c1-4-19-14(22)18(10-12(16)20)13(21)15(19)5-7-17(8-6-15)9-11(2)3/h11H,4-10H2,1-3H3,(H2,16,20). The lowest BCUT2D eigenvalue weighted by molar-refractivity contribution is -0.137. The van der Waals surface area contributed by atoms with Gasteiger partial charge in [-0.25, -0.2) is 4.79 Å². The van der Waals surface area contributed by atoms with Crippen LogP contribution < -0.4 is 5.73 Å². The van der Waals surface area contributed by atoms with Gasteiger partial charge >= 0.3 is 6.03 Å². The van der Waals surface area contributed by atoms with Crippen molar-refractivity contribution in [3.8, 4) is 0 Å². The number of piperidine rings is 1. The van der Waals surface area contributed by atoms with Gasteiger partial charge in [-0.2, -0.15) is 0 Å². The van der Waals surface area contributed by atoms with Gasteiger partial charge in [0.2, 0.25) is 5.91 Å². The number of likely N-dealkylation sites (tertiary alicyclic amines) is 1. The highest BCUT2D eigenvalue weighted by Gasteiger charge is 2.57. The monoisotopic (exact) mass is 310 g/mol. The number of hydrogen-bond acceptors (Lipinski definition) is 4. The molecule has 0 radical (unpaired) electrons. The molecule has 1 spiro atoms. The Bertz CT molecular complexity index is 469. The fourth-order valence-electron chi connectivity index (χ4n) is 3.62. The Kier molecular flexibility index (Phi) is 4.75. The number of urea groups is 1. The van der Waals surface area contributed by atoms with Crippen LogP contribution in [0.25, 0.3) is 0 Å². The van der Waals surface area contributed by atoms with Crippen LogP contribution >= 0.6 is 0 Å². The minimum absolute atomic E-state index is 0.262. The van der Waals surface area contributed by atoms with Crippen molar-refractivity contribution in [1.29, 1.82) is 0 Å². The van der Waals surface area contributed by atoms with Crippen LogP contribution in [0.4, 0.5) is 4.79 Å². The zero-order valence-electron chi connectivity index (χ0n) is 13.7. The second-order valence-electron chi connectivity index (χ2n) is 6.61. The van der Waals surface area contributed by atoms with E-state index in [0.717, 1.165) is 24.5 Å². The minimum Gasteiger partial charge on any atom is -0.368 e. The first kappa shape index (κ1) is 16.7. The average molecular weight is 310 g/mol. The van der Waals surface area contributed by atoms with Crippen LogP contribution in [0.5, 0.6) is 0 Å². The lowest BCUT2D eigenvalue weighted by Gasteiger charge is -2.42. The van der Waals surface area contributed by atoms with E-state index in [4.69, 9.17) is 5.73 Å². The average Bonchev–Trinajstić information content (AvgIpc) is 2.62. The molecule has 0 aromatic carbocycles. The molecule has 0 aromatic heterocycles. The van der Waals surface area contributed by atoms with Gasteiger partial charge in [0.1, 0.15) is 12.1 Å². The number of nitrogens with two attached hydrogens (primary N) is 1. The third kappa shape index (κ3) is 2.82. The molecule has 0 aromatic rings. The van der Waals surface area contributed by atoms with Gasteiger partial charge in [-0.3, -0.25) is 14.5 Å². The second-order valence-corrected chi connectivity index (χ2v) is 6.61. The largest absolute Gasteiger partial charge is 0.368 e. The third-order valence-corrected chi connectivity index (χ3v) is 4.56. The van der Waals surface area contributed by atoms with Gasteiger partial charge < -0.3 is 15.5 Å². The molecule has 7 nitrogen and oxygen atoms in total. The van der Waals surface area contributed by atoms with E-state index in [9.17, 15) is 14.4 Å². The molecule has 2 N–H and O–H groups in total. The summed E-state index contributed by atoms with van der Waals surface area (Å²) in [6.45, 7) is 8.91. The maximum absolute atomic E-state index is 12.8. The van der Waals surface area contributed by atoms with E-state index in [1.807, 2.05) is 6.92 Å². The van der Waals surface area contributed by atoms with Crippen molar-refractivity contribution in [2.45, 2.75) is 39.2 Å². The van der Waals surface area contributed by atoms with E-state index in [2.05, 4.69) is 18.7 Å². The summed E-state index contributed by atoms with van der Waals surface area (Å²) in [5.74, 6) is -0.349. The quantitative estimate of drug-likeness (QED) is 0.737. The molecule has 0 atom stereocenters. The smallest absolute Gasteiger partial charge is 0.328 e. The van der Waals surface area contributed by atoms with Crippen LogP contribution in [-0.4, -0.2) is 70.8 Å². The van der Waals surface area contributed by atoms with Gasteiger partial charge in [-0.05, 0) is 25.7 Å². The fourth-order valence-corrected chi connectivity index (χ4v) is 3.62. The molecule has 2 saturated heterocycles. The molecule has 0 saturated carbocycles. The lowest BCUT2D eigenvalue weighted by atomic mass is 9.85. The number of carbonyl (C=O) groups excluding carboxylic acids is 3. The van der Waals surface area contributed by atoms with Gasteiger partial charge in [0.05, 0.1) is 0 Å². The zero-order chi connectivity index (χ0) is 16.5. The Balaban J connectivity index is 2.17. The van der Waals surface area contributed by atoms with E-state index < -0.39 is 11.4 Å².